The van der Waals surface area contributed by atoms with E-state index >= 15 is 0 Å². The zero-order chi connectivity index (χ0) is 14.4. The molecule has 118 valence electrons. The predicted molar refractivity (Wildman–Crippen MR) is 88.0 cm³/mol. The molecule has 2 saturated carbocycles. The van der Waals surface area contributed by atoms with Crippen LogP contribution in [-0.2, 0) is 0 Å². The van der Waals surface area contributed by atoms with Gasteiger partial charge in [0.05, 0.1) is 0 Å². The van der Waals surface area contributed by atoms with Crippen LogP contribution in [0, 0.1) is 0 Å². The topological polar surface area (TPSA) is 29.3 Å². The summed E-state index contributed by atoms with van der Waals surface area (Å²) in [7, 11) is 0. The third-order valence-corrected chi connectivity index (χ3v) is 5.45. The highest BCUT2D eigenvalue weighted by Crippen LogP contribution is 2.31. The molecule has 2 fully saturated rings. The van der Waals surface area contributed by atoms with Gasteiger partial charge in [-0.25, -0.2) is 0 Å². The van der Waals surface area contributed by atoms with Crippen LogP contribution >= 0.6 is 0 Å². The summed E-state index contributed by atoms with van der Waals surface area (Å²) in [6.45, 7) is 5.65. The van der Waals surface area contributed by atoms with E-state index in [9.17, 15) is 0 Å². The molecule has 0 heterocycles. The van der Waals surface area contributed by atoms with Crippen molar-refractivity contribution in [2.24, 2.45) is 5.73 Å². The quantitative estimate of drug-likeness (QED) is 0.777. The van der Waals surface area contributed by atoms with Crippen molar-refractivity contribution in [3.63, 3.8) is 0 Å². The van der Waals surface area contributed by atoms with Crippen molar-refractivity contribution in [3.8, 4) is 0 Å². The van der Waals surface area contributed by atoms with Crippen LogP contribution in [0.4, 0.5) is 0 Å². The Bertz CT molecular complexity index is 245. The molecule has 1 atom stereocenters. The second kappa shape index (κ2) is 7.79. The Labute approximate surface area is 126 Å². The summed E-state index contributed by atoms with van der Waals surface area (Å²) < 4.78 is 0. The maximum absolute atomic E-state index is 6.60. The Hall–Kier alpha value is -0.0800. The molecular weight excluding hydrogens is 244 g/mol. The molecule has 0 saturated heterocycles. The van der Waals surface area contributed by atoms with Gasteiger partial charge in [-0.3, -0.25) is 4.90 Å². The van der Waals surface area contributed by atoms with E-state index < -0.39 is 0 Å². The minimum Gasteiger partial charge on any atom is -0.324 e. The SMILES string of the molecule is CCCC(C)(N)CN(C1CCCCC1)C1CCCCC1. The Morgan fingerprint density at radius 1 is 0.900 bits per heavy atom. The second-order valence-corrected chi connectivity index (χ2v) is 7.66. The molecule has 0 aromatic heterocycles. The van der Waals surface area contributed by atoms with Crippen LogP contribution in [0.15, 0.2) is 0 Å². The monoisotopic (exact) mass is 280 g/mol. The fraction of sp³-hybridized carbons (Fsp3) is 1.00. The van der Waals surface area contributed by atoms with E-state index in [0.29, 0.717) is 0 Å². The van der Waals surface area contributed by atoms with Gasteiger partial charge in [-0.15, -0.1) is 0 Å². The Morgan fingerprint density at radius 2 is 1.35 bits per heavy atom. The smallest absolute Gasteiger partial charge is 0.0254 e. The van der Waals surface area contributed by atoms with E-state index in [0.717, 1.165) is 25.0 Å². The second-order valence-electron chi connectivity index (χ2n) is 7.66. The van der Waals surface area contributed by atoms with Crippen LogP contribution in [0.1, 0.15) is 90.9 Å². The molecule has 0 bridgehead atoms. The lowest BCUT2D eigenvalue weighted by Gasteiger charge is -2.45. The first kappa shape index (κ1) is 16.3. The summed E-state index contributed by atoms with van der Waals surface area (Å²) in [4.78, 5) is 2.86. The molecule has 0 aromatic carbocycles. The molecule has 2 aliphatic rings. The number of hydrogen-bond donors (Lipinski definition) is 1. The lowest BCUT2D eigenvalue weighted by Crippen LogP contribution is -2.55. The molecule has 0 amide bonds. The van der Waals surface area contributed by atoms with Crippen LogP contribution in [0.3, 0.4) is 0 Å². The predicted octanol–water partition coefficient (Wildman–Crippen LogP) is 4.47. The maximum Gasteiger partial charge on any atom is 0.0254 e. The summed E-state index contributed by atoms with van der Waals surface area (Å²) in [5.41, 5.74) is 6.60. The summed E-state index contributed by atoms with van der Waals surface area (Å²) in [6, 6.07) is 1.65. The van der Waals surface area contributed by atoms with E-state index in [1.54, 1.807) is 0 Å². The summed E-state index contributed by atoms with van der Waals surface area (Å²) in [5, 5.41) is 0. The number of nitrogens with zero attached hydrogens (tertiary/aromatic N) is 1. The van der Waals surface area contributed by atoms with Crippen LogP contribution in [0.5, 0.6) is 0 Å². The van der Waals surface area contributed by atoms with Gasteiger partial charge in [0.15, 0.2) is 0 Å². The highest BCUT2D eigenvalue weighted by molar-refractivity contribution is 4.90. The Morgan fingerprint density at radius 3 is 1.75 bits per heavy atom. The third-order valence-electron chi connectivity index (χ3n) is 5.45. The molecule has 0 radical (unpaired) electrons. The average Bonchev–Trinajstić information content (AvgIpc) is 2.47. The van der Waals surface area contributed by atoms with Gasteiger partial charge in [-0.1, -0.05) is 51.9 Å². The standard InChI is InChI=1S/C18H36N2/c1-3-14-18(2,19)15-20(16-10-6-4-7-11-16)17-12-8-5-9-13-17/h16-17H,3-15,19H2,1-2H3. The van der Waals surface area contributed by atoms with Gasteiger partial charge >= 0.3 is 0 Å². The first-order valence-corrected chi connectivity index (χ1v) is 9.17. The van der Waals surface area contributed by atoms with E-state index in [4.69, 9.17) is 5.73 Å². The molecule has 2 heteroatoms. The van der Waals surface area contributed by atoms with Gasteiger partial charge in [-0.2, -0.15) is 0 Å². The maximum atomic E-state index is 6.60. The molecule has 1 unspecified atom stereocenters. The van der Waals surface area contributed by atoms with Crippen molar-refractivity contribution >= 4 is 0 Å². The molecule has 0 aliphatic heterocycles. The molecule has 2 N–H and O–H groups in total. The zero-order valence-corrected chi connectivity index (χ0v) is 13.9. The fourth-order valence-electron chi connectivity index (χ4n) is 4.45. The first-order valence-electron chi connectivity index (χ1n) is 9.17. The van der Waals surface area contributed by atoms with Crippen molar-refractivity contribution < 1.29 is 0 Å². The largest absolute Gasteiger partial charge is 0.324 e. The number of rotatable bonds is 6. The molecule has 2 aliphatic carbocycles. The zero-order valence-electron chi connectivity index (χ0n) is 13.9. The van der Waals surface area contributed by atoms with E-state index in [-0.39, 0.29) is 5.54 Å². The fourth-order valence-corrected chi connectivity index (χ4v) is 4.45. The van der Waals surface area contributed by atoms with Gasteiger partial charge in [0, 0.05) is 24.2 Å². The molecule has 2 rings (SSSR count). The number of nitrogens with two attached hydrogens (primary N) is 1. The van der Waals surface area contributed by atoms with Gasteiger partial charge < -0.3 is 5.73 Å². The lowest BCUT2D eigenvalue weighted by molar-refractivity contribution is 0.0580. The van der Waals surface area contributed by atoms with Crippen molar-refractivity contribution in [1.29, 1.82) is 0 Å². The van der Waals surface area contributed by atoms with Crippen molar-refractivity contribution in [1.82, 2.24) is 4.90 Å². The van der Waals surface area contributed by atoms with Crippen LogP contribution < -0.4 is 5.73 Å². The van der Waals surface area contributed by atoms with E-state index in [1.165, 1.54) is 70.6 Å². The normalized spacial score (nSPS) is 25.8. The number of hydrogen-bond acceptors (Lipinski definition) is 2. The lowest BCUT2D eigenvalue weighted by atomic mass is 9.86. The van der Waals surface area contributed by atoms with Crippen molar-refractivity contribution in [2.45, 2.75) is 109 Å². The average molecular weight is 280 g/mol. The Balaban J connectivity index is 2.01. The first-order chi connectivity index (χ1) is 9.62. The minimum absolute atomic E-state index is 0.00362. The molecular formula is C18H36N2. The highest BCUT2D eigenvalue weighted by atomic mass is 15.2. The van der Waals surface area contributed by atoms with E-state index in [2.05, 4.69) is 18.7 Å². The van der Waals surface area contributed by atoms with Gasteiger partial charge in [0.1, 0.15) is 0 Å². The molecule has 0 aromatic rings. The summed E-state index contributed by atoms with van der Waals surface area (Å²) in [5.74, 6) is 0. The van der Waals surface area contributed by atoms with Crippen LogP contribution in [-0.4, -0.2) is 29.1 Å². The molecule has 20 heavy (non-hydrogen) atoms. The van der Waals surface area contributed by atoms with Crippen LogP contribution in [0.2, 0.25) is 0 Å². The molecule has 2 nitrogen and oxygen atoms in total. The molecule has 0 spiro atoms. The van der Waals surface area contributed by atoms with Gasteiger partial charge in [0.2, 0.25) is 0 Å². The summed E-state index contributed by atoms with van der Waals surface area (Å²) >= 11 is 0. The van der Waals surface area contributed by atoms with E-state index in [1.807, 2.05) is 0 Å². The van der Waals surface area contributed by atoms with Crippen molar-refractivity contribution in [2.75, 3.05) is 6.54 Å². The van der Waals surface area contributed by atoms with Gasteiger partial charge in [-0.05, 0) is 39.0 Å². The highest BCUT2D eigenvalue weighted by Gasteiger charge is 2.32. The minimum atomic E-state index is 0.00362. The third kappa shape index (κ3) is 4.73. The van der Waals surface area contributed by atoms with Crippen LogP contribution in [0.25, 0.3) is 0 Å². The van der Waals surface area contributed by atoms with Crippen molar-refractivity contribution in [3.05, 3.63) is 0 Å². The van der Waals surface area contributed by atoms with Gasteiger partial charge in [0.25, 0.3) is 0 Å². The summed E-state index contributed by atoms with van der Waals surface area (Å²) in [6.07, 6.45) is 16.7. The Kier molecular flexibility index (Phi) is 6.35.